The Morgan fingerprint density at radius 1 is 0.889 bits per heavy atom. The summed E-state index contributed by atoms with van der Waals surface area (Å²) in [5.74, 6) is -2.10. The zero-order valence-electron chi connectivity index (χ0n) is 26.0. The zero-order valence-corrected chi connectivity index (χ0v) is 26.8. The van der Waals surface area contributed by atoms with Crippen molar-refractivity contribution >= 4 is 28.5 Å². The standard InChI is InChI=1S/C36H37FN2O5S/c1-6-44-32(40)24-35(38-45(42)34(2,3)4)28-22-29(37)31(43-5)23-30(28)39(33(35)41)36(25-16-10-7-11-17-25,26-18-12-8-13-19-26)27-20-14-9-15-21-27/h7-23,38H,6,24H2,1-5H3/t35-,45+/m0/s1. The topological polar surface area (TPSA) is 84.9 Å². The number of carbonyl (C=O) groups excluding carboxylic acids is 2. The lowest BCUT2D eigenvalue weighted by Gasteiger charge is -2.45. The molecule has 1 heterocycles. The van der Waals surface area contributed by atoms with Gasteiger partial charge in [-0.2, -0.15) is 0 Å². The molecule has 234 valence electrons. The second kappa shape index (κ2) is 12.6. The second-order valence-electron chi connectivity index (χ2n) is 11.8. The van der Waals surface area contributed by atoms with Gasteiger partial charge in [-0.3, -0.25) is 14.5 Å². The van der Waals surface area contributed by atoms with Crippen LogP contribution < -0.4 is 14.4 Å². The molecule has 4 aromatic carbocycles. The van der Waals surface area contributed by atoms with E-state index in [1.54, 1.807) is 32.6 Å². The van der Waals surface area contributed by atoms with E-state index in [1.807, 2.05) is 91.0 Å². The van der Waals surface area contributed by atoms with Gasteiger partial charge in [-0.15, -0.1) is 0 Å². The number of hydrogen-bond acceptors (Lipinski definition) is 5. The molecule has 45 heavy (non-hydrogen) atoms. The summed E-state index contributed by atoms with van der Waals surface area (Å²) in [7, 11) is -0.512. The Hall–Kier alpha value is -4.34. The van der Waals surface area contributed by atoms with Crippen LogP contribution in [0.4, 0.5) is 10.1 Å². The lowest BCUT2D eigenvalue weighted by molar-refractivity contribution is -0.147. The Morgan fingerprint density at radius 2 is 1.38 bits per heavy atom. The van der Waals surface area contributed by atoms with Gasteiger partial charge in [-0.05, 0) is 50.5 Å². The molecule has 0 fully saturated rings. The van der Waals surface area contributed by atoms with Gasteiger partial charge in [0.05, 0.1) is 41.6 Å². The highest BCUT2D eigenvalue weighted by molar-refractivity contribution is 7.84. The number of rotatable bonds is 10. The first-order valence-corrected chi connectivity index (χ1v) is 15.9. The maximum absolute atomic E-state index is 15.7. The molecule has 0 aromatic heterocycles. The number of esters is 1. The Bertz CT molecular complexity index is 1610. The zero-order chi connectivity index (χ0) is 32.4. The average Bonchev–Trinajstić information content (AvgIpc) is 3.24. The van der Waals surface area contributed by atoms with Gasteiger partial charge in [0.2, 0.25) is 0 Å². The summed E-state index contributed by atoms with van der Waals surface area (Å²) < 4.78 is 42.5. The van der Waals surface area contributed by atoms with Crippen LogP contribution in [0.3, 0.4) is 0 Å². The van der Waals surface area contributed by atoms with Crippen molar-refractivity contribution in [3.63, 3.8) is 0 Å². The largest absolute Gasteiger partial charge is 0.494 e. The number of amides is 1. The summed E-state index contributed by atoms with van der Waals surface area (Å²) >= 11 is 0. The van der Waals surface area contributed by atoms with E-state index < -0.39 is 50.9 Å². The highest BCUT2D eigenvalue weighted by Gasteiger charge is 2.61. The Labute approximate surface area is 266 Å². The molecule has 1 amide bonds. The van der Waals surface area contributed by atoms with Crippen LogP contribution in [0.1, 0.15) is 56.4 Å². The molecular weight excluding hydrogens is 591 g/mol. The molecule has 9 heteroatoms. The minimum Gasteiger partial charge on any atom is -0.494 e. The maximum atomic E-state index is 15.7. The van der Waals surface area contributed by atoms with Gasteiger partial charge < -0.3 is 9.47 Å². The number of anilines is 1. The first kappa shape index (κ1) is 32.1. The SMILES string of the molecule is CCOC(=O)C[C@@]1(N[S@](=O)C(C)(C)C)C(=O)N(C(c2ccccc2)(c2ccccc2)c2ccccc2)c2cc(OC)c(F)cc21. The van der Waals surface area contributed by atoms with Crippen molar-refractivity contribution in [1.82, 2.24) is 4.72 Å². The van der Waals surface area contributed by atoms with Crippen LogP contribution in [0.5, 0.6) is 5.75 Å². The number of nitrogens with one attached hydrogen (secondary N) is 1. The predicted octanol–water partition coefficient (Wildman–Crippen LogP) is 6.37. The molecular formula is C36H37FN2O5S. The van der Waals surface area contributed by atoms with Crippen molar-refractivity contribution in [2.45, 2.75) is 49.9 Å². The summed E-state index contributed by atoms with van der Waals surface area (Å²) in [4.78, 5) is 30.4. The van der Waals surface area contributed by atoms with Crippen LogP contribution in [0.25, 0.3) is 0 Å². The fourth-order valence-corrected chi connectivity index (χ4v) is 6.84. The van der Waals surface area contributed by atoms with Crippen molar-refractivity contribution in [2.24, 2.45) is 0 Å². The highest BCUT2D eigenvalue weighted by Crippen LogP contribution is 2.54. The van der Waals surface area contributed by atoms with Crippen LogP contribution in [0, 0.1) is 5.82 Å². The fourth-order valence-electron chi connectivity index (χ4n) is 5.95. The quantitative estimate of drug-likeness (QED) is 0.163. The van der Waals surface area contributed by atoms with E-state index in [1.165, 1.54) is 19.2 Å². The summed E-state index contributed by atoms with van der Waals surface area (Å²) in [6.45, 7) is 6.99. The van der Waals surface area contributed by atoms with E-state index in [9.17, 15) is 9.00 Å². The van der Waals surface area contributed by atoms with Crippen LogP contribution in [0.15, 0.2) is 103 Å². The van der Waals surface area contributed by atoms with Crippen molar-refractivity contribution in [2.75, 3.05) is 18.6 Å². The second-order valence-corrected chi connectivity index (χ2v) is 13.8. The molecule has 5 rings (SSSR count). The van der Waals surface area contributed by atoms with E-state index in [0.29, 0.717) is 5.69 Å². The number of carbonyl (C=O) groups is 2. The summed E-state index contributed by atoms with van der Waals surface area (Å²) in [6.07, 6.45) is -0.523. The van der Waals surface area contributed by atoms with Gasteiger partial charge in [0.15, 0.2) is 11.6 Å². The molecule has 0 saturated heterocycles. The van der Waals surface area contributed by atoms with Crippen LogP contribution in [0.2, 0.25) is 0 Å². The molecule has 0 aliphatic carbocycles. The summed E-state index contributed by atoms with van der Waals surface area (Å²) in [5, 5.41) is 0. The average molecular weight is 629 g/mol. The number of hydrogen-bond donors (Lipinski definition) is 1. The number of halogens is 1. The molecule has 1 aliphatic heterocycles. The number of ether oxygens (including phenoxy) is 2. The molecule has 1 N–H and O–H groups in total. The summed E-state index contributed by atoms with van der Waals surface area (Å²) in [6, 6.07) is 31.3. The van der Waals surface area contributed by atoms with E-state index in [2.05, 4.69) is 4.72 Å². The molecule has 7 nitrogen and oxygen atoms in total. The molecule has 0 saturated carbocycles. The fraction of sp³-hybridized carbons (Fsp3) is 0.278. The van der Waals surface area contributed by atoms with E-state index in [0.717, 1.165) is 16.7 Å². The van der Waals surface area contributed by atoms with Crippen molar-refractivity contribution in [1.29, 1.82) is 0 Å². The van der Waals surface area contributed by atoms with Crippen molar-refractivity contribution in [3.05, 3.63) is 131 Å². The van der Waals surface area contributed by atoms with Gasteiger partial charge in [0, 0.05) is 11.6 Å². The van der Waals surface area contributed by atoms with Crippen LogP contribution in [-0.2, 0) is 36.4 Å². The normalized spacial score (nSPS) is 17.1. The number of benzene rings is 4. The molecule has 0 unspecified atom stereocenters. The Morgan fingerprint density at radius 3 is 1.80 bits per heavy atom. The third-order valence-corrected chi connectivity index (χ3v) is 9.63. The lowest BCUT2D eigenvalue weighted by Crippen LogP contribution is -2.59. The number of fused-ring (bicyclic) bond motifs is 1. The van der Waals surface area contributed by atoms with Gasteiger partial charge >= 0.3 is 5.97 Å². The molecule has 4 aromatic rings. The Balaban J connectivity index is 1.94. The maximum Gasteiger partial charge on any atom is 0.308 e. The first-order chi connectivity index (χ1) is 21.5. The Kier molecular flexibility index (Phi) is 8.96. The lowest BCUT2D eigenvalue weighted by atomic mass is 9.75. The molecule has 0 bridgehead atoms. The molecule has 0 spiro atoms. The first-order valence-electron chi connectivity index (χ1n) is 14.7. The number of methoxy groups -OCH3 is 1. The smallest absolute Gasteiger partial charge is 0.308 e. The van der Waals surface area contributed by atoms with E-state index >= 15 is 9.18 Å². The van der Waals surface area contributed by atoms with Crippen LogP contribution in [-0.4, -0.2) is 34.5 Å². The minimum absolute atomic E-state index is 0.0704. The third kappa shape index (κ3) is 5.55. The molecule has 0 radical (unpaired) electrons. The molecule has 2 atom stereocenters. The third-order valence-electron chi connectivity index (χ3n) is 7.99. The molecule has 1 aliphatic rings. The predicted molar refractivity (Wildman–Crippen MR) is 174 cm³/mol. The minimum atomic E-state index is -1.95. The number of nitrogens with zero attached hydrogens (tertiary/aromatic N) is 1. The highest BCUT2D eigenvalue weighted by atomic mass is 32.2. The monoisotopic (exact) mass is 628 g/mol. The van der Waals surface area contributed by atoms with Gasteiger partial charge in [0.1, 0.15) is 11.1 Å². The van der Waals surface area contributed by atoms with E-state index in [-0.39, 0.29) is 17.9 Å². The van der Waals surface area contributed by atoms with Gasteiger partial charge in [-0.1, -0.05) is 91.0 Å². The van der Waals surface area contributed by atoms with Crippen LogP contribution >= 0.6 is 0 Å². The van der Waals surface area contributed by atoms with Crippen molar-refractivity contribution < 1.29 is 27.7 Å². The van der Waals surface area contributed by atoms with Crippen molar-refractivity contribution in [3.8, 4) is 5.75 Å². The van der Waals surface area contributed by atoms with Gasteiger partial charge in [0.25, 0.3) is 5.91 Å². The van der Waals surface area contributed by atoms with E-state index in [4.69, 9.17) is 9.47 Å². The van der Waals surface area contributed by atoms with Gasteiger partial charge in [-0.25, -0.2) is 13.3 Å². The summed E-state index contributed by atoms with van der Waals surface area (Å²) in [5.41, 5.74) is -0.575.